The second-order valence-electron chi connectivity index (χ2n) is 4.85. The predicted molar refractivity (Wildman–Crippen MR) is 81.3 cm³/mol. The highest BCUT2D eigenvalue weighted by atomic mass is 16.6. The minimum Gasteiger partial charge on any atom is -0.482 e. The molecule has 2 aromatic rings. The maximum Gasteiger partial charge on any atom is 0.283 e. The smallest absolute Gasteiger partial charge is 0.283 e. The molecule has 0 fully saturated rings. The molecule has 0 unspecified atom stereocenters. The number of carbonyl (C=O) groups excluding carboxylic acids is 1. The minimum absolute atomic E-state index is 0.211. The van der Waals surface area contributed by atoms with Crippen LogP contribution < -0.4 is 25.1 Å². The number of hydrogen-bond donors (Lipinski definition) is 2. The number of amides is 1. The summed E-state index contributed by atoms with van der Waals surface area (Å²) in [6, 6.07) is 8.80. The highest BCUT2D eigenvalue weighted by Crippen LogP contribution is 2.33. The molecule has 0 saturated carbocycles. The third-order valence-electron chi connectivity index (χ3n) is 3.24. The van der Waals surface area contributed by atoms with E-state index in [9.17, 15) is 4.79 Å². The van der Waals surface area contributed by atoms with Gasteiger partial charge in [-0.2, -0.15) is 4.98 Å². The third-order valence-corrected chi connectivity index (χ3v) is 3.24. The molecule has 0 bridgehead atoms. The third kappa shape index (κ3) is 3.25. The van der Waals surface area contributed by atoms with Crippen molar-refractivity contribution in [3.05, 3.63) is 36.5 Å². The van der Waals surface area contributed by atoms with Gasteiger partial charge in [0.1, 0.15) is 6.10 Å². The molecule has 3 rings (SSSR count). The second kappa shape index (κ2) is 6.39. The molecule has 0 aliphatic carbocycles. The van der Waals surface area contributed by atoms with Gasteiger partial charge >= 0.3 is 0 Å². The largest absolute Gasteiger partial charge is 0.482 e. The first kappa shape index (κ1) is 14.9. The fourth-order valence-electron chi connectivity index (χ4n) is 2.11. The number of para-hydroxylation sites is 2. The topological polar surface area (TPSA) is 94.6 Å². The molecule has 1 aromatic heterocycles. The zero-order valence-corrected chi connectivity index (χ0v) is 12.6. The Kier molecular flexibility index (Phi) is 4.13. The number of anilines is 1. The predicted octanol–water partition coefficient (Wildman–Crippen LogP) is 1.16. The lowest BCUT2D eigenvalue weighted by Crippen LogP contribution is -2.50. The number of benzene rings is 1. The van der Waals surface area contributed by atoms with Gasteiger partial charge in [-0.3, -0.25) is 15.6 Å². The summed E-state index contributed by atoms with van der Waals surface area (Å²) in [6.07, 6.45) is 0.292. The lowest BCUT2D eigenvalue weighted by Gasteiger charge is -2.30. The SMILES string of the molecule is COc1ccnc(NNC(=O)[C@@H]2Oc3ccccc3O[C@@H]2C)n1. The Labute approximate surface area is 132 Å². The summed E-state index contributed by atoms with van der Waals surface area (Å²) in [5, 5.41) is 0. The van der Waals surface area contributed by atoms with E-state index in [1.165, 1.54) is 13.3 Å². The van der Waals surface area contributed by atoms with E-state index >= 15 is 0 Å². The van der Waals surface area contributed by atoms with Gasteiger partial charge in [0, 0.05) is 12.3 Å². The number of rotatable bonds is 4. The molecule has 8 heteroatoms. The molecule has 1 aliphatic rings. The van der Waals surface area contributed by atoms with E-state index in [2.05, 4.69) is 20.8 Å². The molecule has 0 radical (unpaired) electrons. The van der Waals surface area contributed by atoms with E-state index in [0.717, 1.165) is 0 Å². The van der Waals surface area contributed by atoms with Crippen LogP contribution in [0.2, 0.25) is 0 Å². The van der Waals surface area contributed by atoms with Crippen LogP contribution in [0.3, 0.4) is 0 Å². The van der Waals surface area contributed by atoms with Crippen LogP contribution >= 0.6 is 0 Å². The molecular formula is C15H16N4O4. The molecule has 1 aromatic carbocycles. The van der Waals surface area contributed by atoms with Crippen LogP contribution in [0, 0.1) is 0 Å². The Morgan fingerprint density at radius 3 is 2.70 bits per heavy atom. The molecule has 1 amide bonds. The molecule has 23 heavy (non-hydrogen) atoms. The Morgan fingerprint density at radius 2 is 1.96 bits per heavy atom. The number of fused-ring (bicyclic) bond motifs is 1. The van der Waals surface area contributed by atoms with Gasteiger partial charge in [0.25, 0.3) is 5.91 Å². The Bertz CT molecular complexity index is 709. The van der Waals surface area contributed by atoms with E-state index < -0.39 is 18.1 Å². The van der Waals surface area contributed by atoms with Crippen molar-refractivity contribution in [3.63, 3.8) is 0 Å². The van der Waals surface area contributed by atoms with Crippen LogP contribution in [0.25, 0.3) is 0 Å². The first-order valence-corrected chi connectivity index (χ1v) is 7.02. The van der Waals surface area contributed by atoms with Crippen molar-refractivity contribution < 1.29 is 19.0 Å². The molecule has 2 N–H and O–H groups in total. The number of aromatic nitrogens is 2. The van der Waals surface area contributed by atoms with Crippen molar-refractivity contribution in [2.45, 2.75) is 19.1 Å². The van der Waals surface area contributed by atoms with Crippen molar-refractivity contribution in [2.24, 2.45) is 0 Å². The first-order valence-electron chi connectivity index (χ1n) is 7.02. The van der Waals surface area contributed by atoms with Gasteiger partial charge in [0.05, 0.1) is 7.11 Å². The lowest BCUT2D eigenvalue weighted by atomic mass is 10.1. The molecule has 2 atom stereocenters. The van der Waals surface area contributed by atoms with E-state index in [0.29, 0.717) is 17.4 Å². The summed E-state index contributed by atoms with van der Waals surface area (Å²) in [6.45, 7) is 1.77. The number of hydrazine groups is 1. The number of hydrogen-bond acceptors (Lipinski definition) is 7. The average Bonchev–Trinajstić information content (AvgIpc) is 2.59. The molecule has 2 heterocycles. The lowest BCUT2D eigenvalue weighted by molar-refractivity contribution is -0.132. The molecule has 0 saturated heterocycles. The van der Waals surface area contributed by atoms with Crippen molar-refractivity contribution in [1.29, 1.82) is 0 Å². The number of carbonyl (C=O) groups is 1. The van der Waals surface area contributed by atoms with Gasteiger partial charge in [-0.05, 0) is 19.1 Å². The van der Waals surface area contributed by atoms with Crippen LogP contribution in [0.15, 0.2) is 36.5 Å². The van der Waals surface area contributed by atoms with Gasteiger partial charge in [-0.25, -0.2) is 4.98 Å². The van der Waals surface area contributed by atoms with Crippen molar-refractivity contribution in [1.82, 2.24) is 15.4 Å². The van der Waals surface area contributed by atoms with Crippen molar-refractivity contribution in [3.8, 4) is 17.4 Å². The van der Waals surface area contributed by atoms with Crippen molar-refractivity contribution >= 4 is 11.9 Å². The first-order chi connectivity index (χ1) is 11.2. The molecule has 1 aliphatic heterocycles. The van der Waals surface area contributed by atoms with E-state index in [4.69, 9.17) is 14.2 Å². The van der Waals surface area contributed by atoms with Crippen LogP contribution in [0.4, 0.5) is 5.95 Å². The van der Waals surface area contributed by atoms with Gasteiger partial charge < -0.3 is 14.2 Å². The minimum atomic E-state index is -0.789. The molecule has 8 nitrogen and oxygen atoms in total. The molecular weight excluding hydrogens is 300 g/mol. The van der Waals surface area contributed by atoms with Gasteiger partial charge in [-0.1, -0.05) is 12.1 Å². The molecule has 120 valence electrons. The summed E-state index contributed by atoms with van der Waals surface area (Å²) < 4.78 is 16.4. The van der Waals surface area contributed by atoms with Crippen LogP contribution in [-0.2, 0) is 4.79 Å². The summed E-state index contributed by atoms with van der Waals surface area (Å²) in [4.78, 5) is 20.3. The van der Waals surface area contributed by atoms with Gasteiger partial charge in [-0.15, -0.1) is 0 Å². The second-order valence-corrected chi connectivity index (χ2v) is 4.85. The fraction of sp³-hybridized carbons (Fsp3) is 0.267. The number of nitrogens with one attached hydrogen (secondary N) is 2. The number of methoxy groups -OCH3 is 1. The number of ether oxygens (including phenoxy) is 3. The highest BCUT2D eigenvalue weighted by molar-refractivity contribution is 5.83. The highest BCUT2D eigenvalue weighted by Gasteiger charge is 2.34. The Balaban J connectivity index is 1.64. The van der Waals surface area contributed by atoms with E-state index in [-0.39, 0.29) is 5.95 Å². The van der Waals surface area contributed by atoms with E-state index in [1.807, 2.05) is 12.1 Å². The van der Waals surface area contributed by atoms with Crippen LogP contribution in [0.5, 0.6) is 17.4 Å². The molecule has 0 spiro atoms. The van der Waals surface area contributed by atoms with Crippen molar-refractivity contribution in [2.75, 3.05) is 12.5 Å². The maximum absolute atomic E-state index is 12.3. The summed E-state index contributed by atoms with van der Waals surface area (Å²) in [7, 11) is 1.50. The fourth-order valence-corrected chi connectivity index (χ4v) is 2.11. The Morgan fingerprint density at radius 1 is 1.22 bits per heavy atom. The standard InChI is InChI=1S/C15H16N4O4/c1-9-13(23-11-6-4-3-5-10(11)22-9)14(20)18-19-15-16-8-7-12(17-15)21-2/h3-9,13H,1-2H3,(H,18,20)(H,16,17,19)/t9-,13-/m1/s1. The van der Waals surface area contributed by atoms with Crippen LogP contribution in [-0.4, -0.2) is 35.2 Å². The number of nitrogens with zero attached hydrogens (tertiary/aromatic N) is 2. The van der Waals surface area contributed by atoms with Gasteiger partial charge in [0.2, 0.25) is 17.9 Å². The zero-order chi connectivity index (χ0) is 16.2. The van der Waals surface area contributed by atoms with E-state index in [1.54, 1.807) is 25.1 Å². The maximum atomic E-state index is 12.3. The normalized spacial score (nSPS) is 18.9. The monoisotopic (exact) mass is 316 g/mol. The summed E-state index contributed by atoms with van der Waals surface area (Å²) in [5.41, 5.74) is 5.13. The summed E-state index contributed by atoms with van der Waals surface area (Å²) in [5.74, 6) is 1.36. The quantitative estimate of drug-likeness (QED) is 0.817. The van der Waals surface area contributed by atoms with Gasteiger partial charge in [0.15, 0.2) is 11.5 Å². The van der Waals surface area contributed by atoms with Crippen LogP contribution in [0.1, 0.15) is 6.92 Å². The zero-order valence-electron chi connectivity index (χ0n) is 12.6. The summed E-state index contributed by atoms with van der Waals surface area (Å²) >= 11 is 0. The Hall–Kier alpha value is -3.03. The average molecular weight is 316 g/mol.